The van der Waals surface area contributed by atoms with Crippen molar-refractivity contribution in [3.63, 3.8) is 0 Å². The van der Waals surface area contributed by atoms with Crippen LogP contribution in [0.15, 0.2) is 0 Å². The smallest absolute Gasteiger partial charge is 0.0611 e. The number of thioether (sulfide) groups is 1. The van der Waals surface area contributed by atoms with Crippen LogP contribution in [0.2, 0.25) is 0 Å². The van der Waals surface area contributed by atoms with Crippen LogP contribution in [0.5, 0.6) is 0 Å². The molecule has 2 atom stereocenters. The second-order valence-electron chi connectivity index (χ2n) is 5.71. The summed E-state index contributed by atoms with van der Waals surface area (Å²) in [5.74, 6) is 2.02. The maximum absolute atomic E-state index is 9.50. The average molecular weight is 261 g/mol. The molecular weight excluding hydrogens is 230 g/mol. The van der Waals surface area contributed by atoms with Gasteiger partial charge in [0, 0.05) is 10.8 Å². The molecule has 17 heavy (non-hydrogen) atoms. The Bertz CT molecular complexity index is 187. The van der Waals surface area contributed by atoms with Gasteiger partial charge in [0.1, 0.15) is 0 Å². The minimum absolute atomic E-state index is 0.111. The summed E-state index contributed by atoms with van der Waals surface area (Å²) in [7, 11) is 0. The maximum atomic E-state index is 9.50. The number of hydrogen-bond donors (Lipinski definition) is 2. The summed E-state index contributed by atoms with van der Waals surface area (Å²) >= 11 is 2.03. The summed E-state index contributed by atoms with van der Waals surface area (Å²) in [5, 5.41) is 13.6. The van der Waals surface area contributed by atoms with Crippen LogP contribution in [0.4, 0.5) is 0 Å². The maximum Gasteiger partial charge on any atom is 0.0611 e. The molecule has 104 valence electrons. The molecule has 0 aliphatic heterocycles. The lowest BCUT2D eigenvalue weighted by molar-refractivity contribution is 0.166. The van der Waals surface area contributed by atoms with Gasteiger partial charge in [0.15, 0.2) is 0 Å². The molecule has 0 aromatic heterocycles. The lowest BCUT2D eigenvalue weighted by Gasteiger charge is -2.31. The first-order valence-electron chi connectivity index (χ1n) is 6.91. The van der Waals surface area contributed by atoms with Crippen molar-refractivity contribution < 1.29 is 5.11 Å². The monoisotopic (exact) mass is 261 g/mol. The first-order chi connectivity index (χ1) is 7.93. The van der Waals surface area contributed by atoms with Crippen molar-refractivity contribution >= 4 is 11.8 Å². The summed E-state index contributed by atoms with van der Waals surface area (Å²) in [4.78, 5) is 0. The van der Waals surface area contributed by atoms with E-state index >= 15 is 0 Å². The Morgan fingerprint density at radius 2 is 1.94 bits per heavy atom. The minimum Gasteiger partial charge on any atom is -0.394 e. The highest BCUT2D eigenvalue weighted by molar-refractivity contribution is 7.99. The Balaban J connectivity index is 3.91. The summed E-state index contributed by atoms with van der Waals surface area (Å²) in [6.07, 6.45) is 3.43. The molecule has 0 heterocycles. The van der Waals surface area contributed by atoms with Crippen molar-refractivity contribution in [3.8, 4) is 0 Å². The highest BCUT2D eigenvalue weighted by Gasteiger charge is 2.24. The van der Waals surface area contributed by atoms with Crippen LogP contribution in [-0.4, -0.2) is 34.8 Å². The average Bonchev–Trinajstić information content (AvgIpc) is 2.26. The zero-order valence-electron chi connectivity index (χ0n) is 12.3. The lowest BCUT2D eigenvalue weighted by atomic mass is 9.97. The van der Waals surface area contributed by atoms with Gasteiger partial charge in [-0.15, -0.1) is 0 Å². The van der Waals surface area contributed by atoms with Gasteiger partial charge in [-0.25, -0.2) is 0 Å². The van der Waals surface area contributed by atoms with Crippen molar-refractivity contribution in [2.45, 2.75) is 64.7 Å². The molecule has 3 heteroatoms. The Labute approximate surface area is 112 Å². The van der Waals surface area contributed by atoms with E-state index in [1.165, 1.54) is 12.2 Å². The topological polar surface area (TPSA) is 32.3 Å². The van der Waals surface area contributed by atoms with E-state index in [2.05, 4.69) is 39.9 Å². The normalized spacial score (nSPS) is 17.1. The van der Waals surface area contributed by atoms with E-state index in [0.29, 0.717) is 5.25 Å². The van der Waals surface area contributed by atoms with E-state index in [1.807, 2.05) is 11.8 Å². The van der Waals surface area contributed by atoms with E-state index in [-0.39, 0.29) is 12.1 Å². The third-order valence-corrected chi connectivity index (χ3v) is 4.19. The number of nitrogens with one attached hydrogen (secondary N) is 1. The standard InChI is InChI=1S/C14H31NOS/c1-6-8-15-14(5,11-16)10-13(4)17-9-7-12(2)3/h12-13,15-16H,6-11H2,1-5H3. The molecule has 0 amide bonds. The third-order valence-electron chi connectivity index (χ3n) is 2.99. The van der Waals surface area contributed by atoms with Crippen LogP contribution in [0.1, 0.15) is 53.9 Å². The Morgan fingerprint density at radius 3 is 2.41 bits per heavy atom. The van der Waals surface area contributed by atoms with Gasteiger partial charge in [0.2, 0.25) is 0 Å². The molecular formula is C14H31NOS. The molecule has 0 spiro atoms. The number of hydrogen-bond acceptors (Lipinski definition) is 3. The minimum atomic E-state index is -0.111. The Hall–Kier alpha value is 0.270. The second kappa shape index (κ2) is 9.23. The van der Waals surface area contributed by atoms with Gasteiger partial charge in [-0.1, -0.05) is 27.7 Å². The molecule has 0 aromatic carbocycles. The highest BCUT2D eigenvalue weighted by Crippen LogP contribution is 2.23. The predicted molar refractivity (Wildman–Crippen MR) is 79.8 cm³/mol. The van der Waals surface area contributed by atoms with E-state index in [4.69, 9.17) is 0 Å². The molecule has 0 rings (SSSR count). The van der Waals surface area contributed by atoms with Gasteiger partial charge in [0.25, 0.3) is 0 Å². The van der Waals surface area contributed by atoms with E-state index < -0.39 is 0 Å². The molecule has 0 saturated heterocycles. The van der Waals surface area contributed by atoms with Crippen molar-refractivity contribution in [1.29, 1.82) is 0 Å². The SMILES string of the molecule is CCCNC(C)(CO)CC(C)SCCC(C)C. The first-order valence-corrected chi connectivity index (χ1v) is 7.96. The van der Waals surface area contributed by atoms with Crippen LogP contribution >= 0.6 is 11.8 Å². The fourth-order valence-electron chi connectivity index (χ4n) is 1.82. The third kappa shape index (κ3) is 8.92. The van der Waals surface area contributed by atoms with Gasteiger partial charge in [-0.3, -0.25) is 0 Å². The number of aliphatic hydroxyl groups excluding tert-OH is 1. The van der Waals surface area contributed by atoms with E-state index in [1.54, 1.807) is 0 Å². The van der Waals surface area contributed by atoms with Crippen LogP contribution in [0.3, 0.4) is 0 Å². The molecule has 0 aliphatic rings. The largest absolute Gasteiger partial charge is 0.394 e. The molecule has 2 N–H and O–H groups in total. The summed E-state index contributed by atoms with van der Waals surface area (Å²) < 4.78 is 0. The number of aliphatic hydroxyl groups is 1. The summed E-state index contributed by atoms with van der Waals surface area (Å²) in [6.45, 7) is 12.3. The van der Waals surface area contributed by atoms with Crippen molar-refractivity contribution in [1.82, 2.24) is 5.32 Å². The Morgan fingerprint density at radius 1 is 1.29 bits per heavy atom. The van der Waals surface area contributed by atoms with Crippen molar-refractivity contribution in [3.05, 3.63) is 0 Å². The van der Waals surface area contributed by atoms with Gasteiger partial charge < -0.3 is 10.4 Å². The number of rotatable bonds is 10. The second-order valence-corrected chi connectivity index (χ2v) is 7.26. The van der Waals surface area contributed by atoms with Gasteiger partial charge in [-0.2, -0.15) is 11.8 Å². The first kappa shape index (κ1) is 17.3. The molecule has 0 aliphatic carbocycles. The fraction of sp³-hybridized carbons (Fsp3) is 1.00. The van der Waals surface area contributed by atoms with E-state index in [0.717, 1.165) is 25.3 Å². The van der Waals surface area contributed by atoms with Crippen molar-refractivity contribution in [2.75, 3.05) is 18.9 Å². The zero-order chi connectivity index (χ0) is 13.3. The molecule has 2 unspecified atom stereocenters. The van der Waals surface area contributed by atoms with Gasteiger partial charge in [-0.05, 0) is 44.4 Å². The highest BCUT2D eigenvalue weighted by atomic mass is 32.2. The zero-order valence-corrected chi connectivity index (χ0v) is 13.1. The molecule has 2 nitrogen and oxygen atoms in total. The van der Waals surface area contributed by atoms with Crippen molar-refractivity contribution in [2.24, 2.45) is 5.92 Å². The van der Waals surface area contributed by atoms with Crippen LogP contribution in [0, 0.1) is 5.92 Å². The molecule has 0 bridgehead atoms. The summed E-state index contributed by atoms with van der Waals surface area (Å²) in [6, 6.07) is 0. The quantitative estimate of drug-likeness (QED) is 0.633. The molecule has 0 radical (unpaired) electrons. The summed E-state index contributed by atoms with van der Waals surface area (Å²) in [5.41, 5.74) is -0.111. The van der Waals surface area contributed by atoms with Gasteiger partial charge in [0.05, 0.1) is 6.61 Å². The predicted octanol–water partition coefficient (Wildman–Crippen LogP) is 3.29. The Kier molecular flexibility index (Phi) is 9.38. The van der Waals surface area contributed by atoms with Crippen LogP contribution < -0.4 is 5.32 Å². The molecule has 0 saturated carbocycles. The molecule has 0 aromatic rings. The van der Waals surface area contributed by atoms with E-state index in [9.17, 15) is 5.11 Å². The van der Waals surface area contributed by atoms with Gasteiger partial charge >= 0.3 is 0 Å². The fourth-order valence-corrected chi connectivity index (χ4v) is 3.31. The lowest BCUT2D eigenvalue weighted by Crippen LogP contribution is -2.47. The van der Waals surface area contributed by atoms with Crippen LogP contribution in [0.25, 0.3) is 0 Å². The molecule has 0 fully saturated rings. The van der Waals surface area contributed by atoms with Crippen LogP contribution in [-0.2, 0) is 0 Å².